The molecule has 4 heteroatoms. The van der Waals surface area contributed by atoms with E-state index in [2.05, 4.69) is 11.4 Å². The van der Waals surface area contributed by atoms with Crippen LogP contribution in [0.2, 0.25) is 5.02 Å². The molecule has 0 amide bonds. The maximum atomic E-state index is 9.83. The largest absolute Gasteiger partial charge is 0.506 e. The topological polar surface area (TPSA) is 41.5 Å². The minimum Gasteiger partial charge on any atom is -0.506 e. The molecule has 0 radical (unpaired) electrons. The fraction of sp³-hybridized carbons (Fsp3) is 0.250. The molecule has 1 aliphatic heterocycles. The monoisotopic (exact) mass is 289 g/mol. The normalized spacial score (nSPS) is 16.8. The van der Waals surface area contributed by atoms with E-state index in [9.17, 15) is 5.11 Å². The number of rotatable bonds is 4. The summed E-state index contributed by atoms with van der Waals surface area (Å²) in [6, 6.07) is 13.5. The highest BCUT2D eigenvalue weighted by Crippen LogP contribution is 2.28. The summed E-state index contributed by atoms with van der Waals surface area (Å²) in [5.41, 5.74) is 2.05. The first-order valence-electron chi connectivity index (χ1n) is 6.65. The zero-order chi connectivity index (χ0) is 13.9. The first kappa shape index (κ1) is 13.3. The third kappa shape index (κ3) is 2.74. The van der Waals surface area contributed by atoms with Gasteiger partial charge in [-0.1, -0.05) is 41.9 Å². The van der Waals surface area contributed by atoms with E-state index in [1.165, 1.54) is 5.56 Å². The Balaban J connectivity index is 1.53. The Morgan fingerprint density at radius 3 is 2.90 bits per heavy atom. The minimum atomic E-state index is 0.147. The molecule has 1 unspecified atom stereocenters. The Bertz CT molecular complexity index is 590. The van der Waals surface area contributed by atoms with E-state index in [0.29, 0.717) is 11.6 Å². The van der Waals surface area contributed by atoms with Crippen LogP contribution in [0.25, 0.3) is 0 Å². The van der Waals surface area contributed by atoms with Gasteiger partial charge in [-0.05, 0) is 17.7 Å². The molecule has 2 aromatic carbocycles. The summed E-state index contributed by atoms with van der Waals surface area (Å²) < 4.78 is 5.85. The summed E-state index contributed by atoms with van der Waals surface area (Å²) in [5, 5.41) is 13.5. The Morgan fingerprint density at radius 2 is 2.05 bits per heavy atom. The van der Waals surface area contributed by atoms with Crippen molar-refractivity contribution in [3.63, 3.8) is 0 Å². The third-order valence-electron chi connectivity index (χ3n) is 3.47. The van der Waals surface area contributed by atoms with Crippen molar-refractivity contribution in [3.05, 3.63) is 58.6 Å². The molecule has 2 N–H and O–H groups in total. The number of hydrogen-bond acceptors (Lipinski definition) is 3. The molecule has 1 atom stereocenters. The quantitative estimate of drug-likeness (QED) is 0.908. The van der Waals surface area contributed by atoms with E-state index in [-0.39, 0.29) is 11.9 Å². The van der Waals surface area contributed by atoms with Gasteiger partial charge in [-0.3, -0.25) is 0 Å². The molecule has 0 bridgehead atoms. The van der Waals surface area contributed by atoms with Gasteiger partial charge < -0.3 is 15.2 Å². The first-order valence-corrected chi connectivity index (χ1v) is 7.03. The van der Waals surface area contributed by atoms with Crippen LogP contribution in [0.4, 0.5) is 0 Å². The molecule has 0 fully saturated rings. The highest BCUT2D eigenvalue weighted by Gasteiger charge is 2.21. The van der Waals surface area contributed by atoms with Crippen LogP contribution in [0, 0.1) is 0 Å². The molecule has 1 aliphatic rings. The van der Waals surface area contributed by atoms with Crippen LogP contribution in [0.5, 0.6) is 11.5 Å². The van der Waals surface area contributed by atoms with E-state index in [0.717, 1.165) is 24.3 Å². The van der Waals surface area contributed by atoms with Crippen LogP contribution in [-0.4, -0.2) is 17.8 Å². The van der Waals surface area contributed by atoms with Gasteiger partial charge in [-0.2, -0.15) is 0 Å². The van der Waals surface area contributed by atoms with E-state index in [1.807, 2.05) is 30.3 Å². The number of ether oxygens (including phenoxy) is 1. The highest BCUT2D eigenvalue weighted by molar-refractivity contribution is 6.32. The highest BCUT2D eigenvalue weighted by atomic mass is 35.5. The molecule has 0 saturated heterocycles. The Hall–Kier alpha value is -1.71. The Kier molecular flexibility index (Phi) is 3.81. The summed E-state index contributed by atoms with van der Waals surface area (Å²) in [7, 11) is 0. The molecule has 0 aliphatic carbocycles. The standard InChI is InChI=1S/C16H16ClNO2/c17-14-6-3-5-12(16(14)19)9-18-10-13-8-11-4-1-2-7-15(11)20-13/h1-7,13,18-19H,8-10H2. The number of aromatic hydroxyl groups is 1. The van der Waals surface area contributed by atoms with Gasteiger partial charge in [0.15, 0.2) is 0 Å². The predicted molar refractivity (Wildman–Crippen MR) is 79.4 cm³/mol. The van der Waals surface area contributed by atoms with Crippen LogP contribution in [0.15, 0.2) is 42.5 Å². The Labute approximate surface area is 123 Å². The zero-order valence-corrected chi connectivity index (χ0v) is 11.7. The molecule has 20 heavy (non-hydrogen) atoms. The lowest BCUT2D eigenvalue weighted by atomic mass is 10.1. The molecule has 0 aromatic heterocycles. The van der Waals surface area contributed by atoms with Crippen LogP contribution in [-0.2, 0) is 13.0 Å². The summed E-state index contributed by atoms with van der Waals surface area (Å²) >= 11 is 5.88. The van der Waals surface area contributed by atoms with Crippen LogP contribution in [0.3, 0.4) is 0 Å². The zero-order valence-electron chi connectivity index (χ0n) is 11.0. The van der Waals surface area contributed by atoms with Crippen molar-refractivity contribution in [2.24, 2.45) is 0 Å². The van der Waals surface area contributed by atoms with Gasteiger partial charge in [0.1, 0.15) is 17.6 Å². The van der Waals surface area contributed by atoms with Gasteiger partial charge in [-0.25, -0.2) is 0 Å². The van der Waals surface area contributed by atoms with E-state index < -0.39 is 0 Å². The van der Waals surface area contributed by atoms with Gasteiger partial charge in [0.25, 0.3) is 0 Å². The average Bonchev–Trinajstić information content (AvgIpc) is 2.86. The molecule has 1 heterocycles. The van der Waals surface area contributed by atoms with Crippen molar-refractivity contribution in [3.8, 4) is 11.5 Å². The van der Waals surface area contributed by atoms with Crippen molar-refractivity contribution in [1.82, 2.24) is 5.32 Å². The lowest BCUT2D eigenvalue weighted by molar-refractivity contribution is 0.227. The fourth-order valence-corrected chi connectivity index (χ4v) is 2.63. The second-order valence-corrected chi connectivity index (χ2v) is 5.34. The van der Waals surface area contributed by atoms with Crippen LogP contribution < -0.4 is 10.1 Å². The number of halogens is 1. The average molecular weight is 290 g/mol. The molecular formula is C16H16ClNO2. The molecule has 3 nitrogen and oxygen atoms in total. The second-order valence-electron chi connectivity index (χ2n) is 4.93. The van der Waals surface area contributed by atoms with Crippen molar-refractivity contribution in [1.29, 1.82) is 0 Å². The first-order chi connectivity index (χ1) is 9.74. The van der Waals surface area contributed by atoms with Gasteiger partial charge in [-0.15, -0.1) is 0 Å². The van der Waals surface area contributed by atoms with Crippen molar-refractivity contribution in [2.75, 3.05) is 6.54 Å². The van der Waals surface area contributed by atoms with Gasteiger partial charge in [0.05, 0.1) is 5.02 Å². The third-order valence-corrected chi connectivity index (χ3v) is 3.78. The van der Waals surface area contributed by atoms with E-state index >= 15 is 0 Å². The van der Waals surface area contributed by atoms with E-state index in [4.69, 9.17) is 16.3 Å². The molecule has 3 rings (SSSR count). The summed E-state index contributed by atoms with van der Waals surface area (Å²) in [6.07, 6.45) is 1.07. The SMILES string of the molecule is Oc1c(Cl)cccc1CNCC1Cc2ccccc2O1. The number of fused-ring (bicyclic) bond motifs is 1. The van der Waals surface area contributed by atoms with Gasteiger partial charge in [0.2, 0.25) is 0 Å². The number of phenolic OH excluding ortho intramolecular Hbond substituents is 1. The fourth-order valence-electron chi connectivity index (χ4n) is 2.44. The minimum absolute atomic E-state index is 0.147. The molecular weight excluding hydrogens is 274 g/mol. The molecule has 0 saturated carbocycles. The van der Waals surface area contributed by atoms with Crippen molar-refractivity contribution < 1.29 is 9.84 Å². The molecule has 2 aromatic rings. The van der Waals surface area contributed by atoms with Crippen molar-refractivity contribution in [2.45, 2.75) is 19.1 Å². The number of para-hydroxylation sites is 2. The Morgan fingerprint density at radius 1 is 1.20 bits per heavy atom. The number of phenols is 1. The summed E-state index contributed by atoms with van der Waals surface area (Å²) in [5.74, 6) is 1.13. The van der Waals surface area contributed by atoms with Crippen molar-refractivity contribution >= 4 is 11.6 Å². The van der Waals surface area contributed by atoms with E-state index in [1.54, 1.807) is 6.07 Å². The van der Waals surface area contributed by atoms with Gasteiger partial charge in [0, 0.05) is 25.1 Å². The molecule has 104 valence electrons. The predicted octanol–water partition coefficient (Wildman–Crippen LogP) is 3.14. The lowest BCUT2D eigenvalue weighted by Crippen LogP contribution is -2.29. The van der Waals surface area contributed by atoms with Crippen LogP contribution >= 0.6 is 11.6 Å². The maximum absolute atomic E-state index is 9.83. The summed E-state index contributed by atoms with van der Waals surface area (Å²) in [6.45, 7) is 1.31. The summed E-state index contributed by atoms with van der Waals surface area (Å²) in [4.78, 5) is 0. The maximum Gasteiger partial charge on any atom is 0.138 e. The smallest absolute Gasteiger partial charge is 0.138 e. The number of benzene rings is 2. The number of nitrogens with one attached hydrogen (secondary N) is 1. The van der Waals surface area contributed by atoms with Crippen LogP contribution in [0.1, 0.15) is 11.1 Å². The lowest BCUT2D eigenvalue weighted by Gasteiger charge is -2.12. The second kappa shape index (κ2) is 5.73. The van der Waals surface area contributed by atoms with Gasteiger partial charge >= 0.3 is 0 Å². The molecule has 0 spiro atoms. The number of hydrogen-bond donors (Lipinski definition) is 2.